The zero-order valence-corrected chi connectivity index (χ0v) is 37.5. The van der Waals surface area contributed by atoms with Gasteiger partial charge in [0.05, 0.1) is 55.5 Å². The van der Waals surface area contributed by atoms with E-state index < -0.39 is 0 Å². The first kappa shape index (κ1) is 38.4. The van der Waals surface area contributed by atoms with Crippen LogP contribution in [0.3, 0.4) is 0 Å². The molecule has 0 aliphatic rings. The SMILES string of the molecule is c1ccc(-c2cc(-n3c4ccccc4c4ccc5c6ccccc6n(-c6ccccc6)c5c43)cc(-c3nc(-n4c5ccccc5c5ccccc54)nc(-n4c5ccccc5c5ccccc54)n3)n2)cc1. The lowest BCUT2D eigenvalue weighted by atomic mass is 10.1. The topological polar surface area (TPSA) is 71.3 Å². The number of aromatic nitrogens is 8. The Hall–Kier alpha value is -9.66. The van der Waals surface area contributed by atoms with Crippen LogP contribution < -0.4 is 0 Å². The fourth-order valence-corrected chi connectivity index (χ4v) is 11.1. The Morgan fingerprint density at radius 3 is 1.03 bits per heavy atom. The Bertz CT molecular complexity index is 4360. The van der Waals surface area contributed by atoms with E-state index in [2.05, 4.69) is 243 Å². The Morgan fingerprint density at radius 2 is 0.586 bits per heavy atom. The van der Waals surface area contributed by atoms with Crippen molar-refractivity contribution < 1.29 is 0 Å². The van der Waals surface area contributed by atoms with E-state index in [0.29, 0.717) is 23.4 Å². The molecule has 0 spiro atoms. The van der Waals surface area contributed by atoms with Crippen molar-refractivity contribution in [2.45, 2.75) is 0 Å². The van der Waals surface area contributed by atoms with E-state index >= 15 is 0 Å². The second-order valence-corrected chi connectivity index (χ2v) is 17.9. The Kier molecular flexibility index (Phi) is 8.20. The van der Waals surface area contributed by atoms with Gasteiger partial charge in [0.25, 0.3) is 0 Å². The van der Waals surface area contributed by atoms with Crippen molar-refractivity contribution in [1.82, 2.24) is 38.2 Å². The summed E-state index contributed by atoms with van der Waals surface area (Å²) in [7, 11) is 0. The molecule has 326 valence electrons. The Balaban J connectivity index is 1.08. The molecule has 0 bridgehead atoms. The highest BCUT2D eigenvalue weighted by molar-refractivity contribution is 6.24. The van der Waals surface area contributed by atoms with Gasteiger partial charge in [-0.05, 0) is 60.7 Å². The van der Waals surface area contributed by atoms with Crippen molar-refractivity contribution >= 4 is 87.2 Å². The van der Waals surface area contributed by atoms with Crippen LogP contribution in [0.15, 0.2) is 231 Å². The van der Waals surface area contributed by atoms with E-state index in [-0.39, 0.29) is 0 Å². The fourth-order valence-electron chi connectivity index (χ4n) is 11.1. The molecule has 0 amide bonds. The standard InChI is InChI=1S/C62H38N8/c1-3-19-39(20-4-1)50-37-41(68-53-30-14-12-28-47(53)49-36-35-48-46-27-11-13-29-52(46)67(58(48)59(49)68)40-21-5-2-6-22-40)38-51(63-50)60-64-61(69-54-31-15-7-23-42(54)43-24-8-16-32-55(43)69)66-62(65-60)70-56-33-17-9-25-44(56)45-26-10-18-34-57(45)70/h1-38H. The van der Waals surface area contributed by atoms with Crippen molar-refractivity contribution in [2.24, 2.45) is 0 Å². The molecule has 0 aliphatic heterocycles. The summed E-state index contributed by atoms with van der Waals surface area (Å²) in [6.45, 7) is 0. The molecule has 0 unspecified atom stereocenters. The van der Waals surface area contributed by atoms with Crippen LogP contribution in [-0.2, 0) is 0 Å². The van der Waals surface area contributed by atoms with Crippen molar-refractivity contribution in [3.05, 3.63) is 231 Å². The molecule has 0 radical (unpaired) electrons. The lowest BCUT2D eigenvalue weighted by Crippen LogP contribution is -2.11. The minimum atomic E-state index is 0.451. The second-order valence-electron chi connectivity index (χ2n) is 17.9. The van der Waals surface area contributed by atoms with Gasteiger partial charge in [0.1, 0.15) is 5.69 Å². The summed E-state index contributed by atoms with van der Waals surface area (Å²) < 4.78 is 9.18. The van der Waals surface area contributed by atoms with E-state index in [1.165, 1.54) is 10.8 Å². The zero-order valence-electron chi connectivity index (χ0n) is 37.5. The summed E-state index contributed by atoms with van der Waals surface area (Å²) in [5, 5.41) is 9.17. The van der Waals surface area contributed by atoms with Gasteiger partial charge in [-0.2, -0.15) is 15.0 Å². The molecule has 15 aromatic rings. The molecule has 0 aliphatic carbocycles. The van der Waals surface area contributed by atoms with Crippen molar-refractivity contribution in [3.63, 3.8) is 0 Å². The van der Waals surface area contributed by atoms with Crippen LogP contribution in [0.4, 0.5) is 0 Å². The molecule has 8 heteroatoms. The van der Waals surface area contributed by atoms with Gasteiger partial charge >= 0.3 is 0 Å². The van der Waals surface area contributed by atoms with Gasteiger partial charge in [0.15, 0.2) is 5.82 Å². The second kappa shape index (κ2) is 14.9. The van der Waals surface area contributed by atoms with Gasteiger partial charge in [0.2, 0.25) is 11.9 Å². The molecule has 9 aromatic carbocycles. The Morgan fingerprint density at radius 1 is 0.243 bits per heavy atom. The minimum Gasteiger partial charge on any atom is -0.307 e. The zero-order chi connectivity index (χ0) is 45.9. The first-order chi connectivity index (χ1) is 34.7. The van der Waals surface area contributed by atoms with Crippen molar-refractivity contribution in [1.29, 1.82) is 0 Å². The third-order valence-electron chi connectivity index (χ3n) is 14.0. The highest BCUT2D eigenvalue weighted by atomic mass is 15.3. The van der Waals surface area contributed by atoms with E-state index in [4.69, 9.17) is 19.9 Å². The smallest absolute Gasteiger partial charge is 0.240 e. The number of para-hydroxylation sites is 7. The Labute approximate surface area is 400 Å². The number of benzene rings is 9. The predicted octanol–water partition coefficient (Wildman–Crippen LogP) is 15.0. The van der Waals surface area contributed by atoms with Crippen molar-refractivity contribution in [3.8, 4) is 46.0 Å². The molecule has 0 saturated heterocycles. The molecule has 0 saturated carbocycles. The number of nitrogens with zero attached hydrogens (tertiary/aromatic N) is 8. The van der Waals surface area contributed by atoms with Gasteiger partial charge in [-0.1, -0.05) is 170 Å². The first-order valence-corrected chi connectivity index (χ1v) is 23.6. The third kappa shape index (κ3) is 5.58. The average Bonchev–Trinajstić information content (AvgIpc) is 4.16. The van der Waals surface area contributed by atoms with E-state index in [1.54, 1.807) is 0 Å². The van der Waals surface area contributed by atoms with Crippen molar-refractivity contribution in [2.75, 3.05) is 0 Å². The van der Waals surface area contributed by atoms with Gasteiger partial charge < -0.3 is 9.13 Å². The number of rotatable bonds is 6. The summed E-state index contributed by atoms with van der Waals surface area (Å²) in [6, 6.07) is 81.4. The van der Waals surface area contributed by atoms with Crippen LogP contribution in [0.2, 0.25) is 0 Å². The third-order valence-corrected chi connectivity index (χ3v) is 14.0. The normalized spacial score (nSPS) is 12.0. The number of fused-ring (bicyclic) bond motifs is 13. The number of hydrogen-bond donors (Lipinski definition) is 0. The molecule has 8 nitrogen and oxygen atoms in total. The molecular weight excluding hydrogens is 857 g/mol. The quantitative estimate of drug-likeness (QED) is 0.167. The molecule has 0 N–H and O–H groups in total. The minimum absolute atomic E-state index is 0.451. The van der Waals surface area contributed by atoms with E-state index in [1.807, 2.05) is 6.07 Å². The number of pyridine rings is 1. The largest absolute Gasteiger partial charge is 0.307 e. The van der Waals surface area contributed by atoms with Crippen LogP contribution in [0.1, 0.15) is 0 Å². The van der Waals surface area contributed by atoms with Crippen LogP contribution in [0.25, 0.3) is 133 Å². The molecule has 15 rings (SSSR count). The maximum atomic E-state index is 5.51. The maximum absolute atomic E-state index is 5.51. The van der Waals surface area contributed by atoms with E-state index in [9.17, 15) is 0 Å². The fraction of sp³-hybridized carbons (Fsp3) is 0. The molecule has 0 fully saturated rings. The molecule has 0 atom stereocenters. The summed E-state index contributed by atoms with van der Waals surface area (Å²) in [4.78, 5) is 21.9. The highest BCUT2D eigenvalue weighted by Gasteiger charge is 2.25. The molecular formula is C62H38N8. The van der Waals surface area contributed by atoms with Gasteiger partial charge in [-0.3, -0.25) is 9.13 Å². The molecule has 6 heterocycles. The molecule has 6 aromatic heterocycles. The lowest BCUT2D eigenvalue weighted by molar-refractivity contribution is 0.889. The number of hydrogen-bond acceptors (Lipinski definition) is 4. The summed E-state index contributed by atoms with van der Waals surface area (Å²) in [6.07, 6.45) is 0. The summed E-state index contributed by atoms with van der Waals surface area (Å²) >= 11 is 0. The van der Waals surface area contributed by atoms with Crippen LogP contribution in [0.5, 0.6) is 0 Å². The maximum Gasteiger partial charge on any atom is 0.240 e. The van der Waals surface area contributed by atoms with Crippen LogP contribution in [0, 0.1) is 0 Å². The average molecular weight is 895 g/mol. The van der Waals surface area contributed by atoms with E-state index in [0.717, 1.165) is 99.1 Å². The molecule has 70 heavy (non-hydrogen) atoms. The highest BCUT2D eigenvalue weighted by Crippen LogP contribution is 2.43. The summed E-state index contributed by atoms with van der Waals surface area (Å²) in [5.41, 5.74) is 12.9. The monoisotopic (exact) mass is 894 g/mol. The predicted molar refractivity (Wildman–Crippen MR) is 286 cm³/mol. The van der Waals surface area contributed by atoms with Gasteiger partial charge in [-0.15, -0.1) is 0 Å². The van der Waals surface area contributed by atoms with Crippen LogP contribution >= 0.6 is 0 Å². The lowest BCUT2D eigenvalue weighted by Gasteiger charge is -2.16. The van der Waals surface area contributed by atoms with Gasteiger partial charge in [-0.25, -0.2) is 4.98 Å². The van der Waals surface area contributed by atoms with Gasteiger partial charge in [0, 0.05) is 54.3 Å². The van der Waals surface area contributed by atoms with Crippen LogP contribution in [-0.4, -0.2) is 38.2 Å². The first-order valence-electron chi connectivity index (χ1n) is 23.6. The summed E-state index contributed by atoms with van der Waals surface area (Å²) in [5.74, 6) is 1.45.